The Kier molecular flexibility index (Phi) is 5.98. The van der Waals surface area contributed by atoms with Crippen molar-refractivity contribution in [3.8, 4) is 17.0 Å². The lowest BCUT2D eigenvalue weighted by atomic mass is 10.1. The third-order valence-electron chi connectivity index (χ3n) is 4.08. The molecule has 0 aliphatic heterocycles. The summed E-state index contributed by atoms with van der Waals surface area (Å²) in [6, 6.07) is 15.0. The van der Waals surface area contributed by atoms with E-state index in [4.69, 9.17) is 4.74 Å². The summed E-state index contributed by atoms with van der Waals surface area (Å²) in [6.07, 6.45) is 0. The fourth-order valence-corrected chi connectivity index (χ4v) is 2.58. The third-order valence-corrected chi connectivity index (χ3v) is 4.08. The average Bonchev–Trinajstić information content (AvgIpc) is 3.23. The topological polar surface area (TPSA) is 123 Å². The molecule has 0 fully saturated rings. The second-order valence-electron chi connectivity index (χ2n) is 6.07. The number of hydrazone groups is 1. The zero-order chi connectivity index (χ0) is 20.8. The summed E-state index contributed by atoms with van der Waals surface area (Å²) in [7, 11) is 0. The lowest BCUT2D eigenvalue weighted by Gasteiger charge is -2.03. The van der Waals surface area contributed by atoms with Crippen molar-refractivity contribution in [1.82, 2.24) is 15.6 Å². The molecule has 0 saturated carbocycles. The van der Waals surface area contributed by atoms with E-state index in [-0.39, 0.29) is 11.4 Å². The maximum Gasteiger partial charge on any atom is 0.289 e. The van der Waals surface area contributed by atoms with E-state index < -0.39 is 10.8 Å². The van der Waals surface area contributed by atoms with Crippen LogP contribution in [0.25, 0.3) is 11.3 Å². The van der Waals surface area contributed by atoms with E-state index in [0.29, 0.717) is 23.6 Å². The average molecular weight is 393 g/mol. The molecular formula is C20H19N5O4. The number of aromatic amines is 1. The number of non-ortho nitro benzene ring substituents is 1. The van der Waals surface area contributed by atoms with Crippen molar-refractivity contribution in [2.24, 2.45) is 5.10 Å². The monoisotopic (exact) mass is 393 g/mol. The van der Waals surface area contributed by atoms with Crippen molar-refractivity contribution in [1.29, 1.82) is 0 Å². The van der Waals surface area contributed by atoms with Crippen molar-refractivity contribution < 1.29 is 14.5 Å². The molecule has 29 heavy (non-hydrogen) atoms. The van der Waals surface area contributed by atoms with Crippen LogP contribution in [0.5, 0.6) is 5.75 Å². The molecule has 1 aromatic heterocycles. The molecular weight excluding hydrogens is 374 g/mol. The van der Waals surface area contributed by atoms with E-state index in [9.17, 15) is 14.9 Å². The molecule has 9 heteroatoms. The van der Waals surface area contributed by atoms with Crippen LogP contribution in [0.15, 0.2) is 59.7 Å². The molecule has 0 aliphatic carbocycles. The number of nitrogens with one attached hydrogen (secondary N) is 2. The van der Waals surface area contributed by atoms with Gasteiger partial charge in [-0.3, -0.25) is 20.0 Å². The van der Waals surface area contributed by atoms with Crippen molar-refractivity contribution >= 4 is 17.3 Å². The number of carbonyl (C=O) groups is 1. The molecule has 0 aliphatic rings. The van der Waals surface area contributed by atoms with Crippen LogP contribution in [-0.4, -0.2) is 33.3 Å². The molecule has 148 valence electrons. The number of nitro groups is 1. The summed E-state index contributed by atoms with van der Waals surface area (Å²) in [6.45, 7) is 4.16. The van der Waals surface area contributed by atoms with Gasteiger partial charge in [0.1, 0.15) is 11.4 Å². The number of carbonyl (C=O) groups excluding carboxylic acids is 1. The number of hydrogen-bond donors (Lipinski definition) is 2. The summed E-state index contributed by atoms with van der Waals surface area (Å²) in [5.74, 6) is 0.272. The molecule has 0 saturated heterocycles. The number of amides is 1. The molecule has 9 nitrogen and oxygen atoms in total. The molecule has 3 aromatic rings. The minimum absolute atomic E-state index is 0.0102. The largest absolute Gasteiger partial charge is 0.494 e. The third kappa shape index (κ3) is 4.83. The quantitative estimate of drug-likeness (QED) is 0.361. The summed E-state index contributed by atoms with van der Waals surface area (Å²) in [5.41, 5.74) is 5.29. The standard InChI is InChI=1S/C20H19N5O4/c1-3-29-17-6-4-5-15(11-17)18-12-19(23-22-18)20(26)24-21-13(2)14-7-9-16(10-8-14)25(27)28/h4-12H,3H2,1-2H3,(H,22,23)(H,24,26). The van der Waals surface area contributed by atoms with Crippen molar-refractivity contribution in [3.63, 3.8) is 0 Å². The van der Waals surface area contributed by atoms with Gasteiger partial charge < -0.3 is 4.74 Å². The number of nitro benzene ring substituents is 1. The summed E-state index contributed by atoms with van der Waals surface area (Å²) < 4.78 is 5.48. The van der Waals surface area contributed by atoms with Crippen LogP contribution in [0.1, 0.15) is 29.9 Å². The van der Waals surface area contributed by atoms with Gasteiger partial charge in [0.2, 0.25) is 0 Å². The molecule has 0 atom stereocenters. The van der Waals surface area contributed by atoms with Crippen LogP contribution in [0.3, 0.4) is 0 Å². The Balaban J connectivity index is 1.69. The van der Waals surface area contributed by atoms with E-state index in [1.807, 2.05) is 31.2 Å². The van der Waals surface area contributed by atoms with E-state index in [1.165, 1.54) is 12.1 Å². The van der Waals surface area contributed by atoms with Gasteiger partial charge in [-0.1, -0.05) is 12.1 Å². The summed E-state index contributed by atoms with van der Waals surface area (Å²) in [5, 5.41) is 21.6. The highest BCUT2D eigenvalue weighted by Gasteiger charge is 2.12. The summed E-state index contributed by atoms with van der Waals surface area (Å²) in [4.78, 5) is 22.6. The molecule has 3 rings (SSSR count). The van der Waals surface area contributed by atoms with E-state index in [1.54, 1.807) is 25.1 Å². The van der Waals surface area contributed by atoms with E-state index >= 15 is 0 Å². The Morgan fingerprint density at radius 3 is 2.69 bits per heavy atom. The second-order valence-corrected chi connectivity index (χ2v) is 6.07. The highest BCUT2D eigenvalue weighted by Crippen LogP contribution is 2.22. The zero-order valence-electron chi connectivity index (χ0n) is 15.9. The lowest BCUT2D eigenvalue weighted by molar-refractivity contribution is -0.384. The van der Waals surface area contributed by atoms with Crippen molar-refractivity contribution in [3.05, 3.63) is 76.0 Å². The van der Waals surface area contributed by atoms with E-state index in [0.717, 1.165) is 11.3 Å². The second kappa shape index (κ2) is 8.79. The minimum atomic E-state index is -0.474. The maximum absolute atomic E-state index is 12.3. The Morgan fingerprint density at radius 1 is 1.24 bits per heavy atom. The Labute approximate surface area is 166 Å². The van der Waals surface area contributed by atoms with Gasteiger partial charge in [-0.2, -0.15) is 10.2 Å². The first kappa shape index (κ1) is 19.7. The SMILES string of the molecule is CCOc1cccc(-c2cc(C(=O)NN=C(C)c3ccc([N+](=O)[O-])cc3)[nH]n2)c1. The molecule has 0 unspecified atom stereocenters. The zero-order valence-corrected chi connectivity index (χ0v) is 15.9. The fourth-order valence-electron chi connectivity index (χ4n) is 2.58. The van der Waals surface area contributed by atoms with E-state index in [2.05, 4.69) is 20.7 Å². The predicted molar refractivity (Wildman–Crippen MR) is 108 cm³/mol. The Morgan fingerprint density at radius 2 is 2.00 bits per heavy atom. The Hall–Kier alpha value is -4.01. The van der Waals surface area contributed by atoms with Crippen LogP contribution in [0, 0.1) is 10.1 Å². The van der Waals surface area contributed by atoms with Crippen LogP contribution in [-0.2, 0) is 0 Å². The predicted octanol–water partition coefficient (Wildman–Crippen LogP) is 3.54. The van der Waals surface area contributed by atoms with Crippen LogP contribution < -0.4 is 10.2 Å². The molecule has 1 heterocycles. The first-order valence-electron chi connectivity index (χ1n) is 8.86. The maximum atomic E-state index is 12.3. The fraction of sp³-hybridized carbons (Fsp3) is 0.150. The number of hydrogen-bond acceptors (Lipinski definition) is 6. The van der Waals surface area contributed by atoms with Gasteiger partial charge in [-0.15, -0.1) is 0 Å². The van der Waals surface area contributed by atoms with Crippen molar-refractivity contribution in [2.75, 3.05) is 6.61 Å². The number of ether oxygens (including phenoxy) is 1. The first-order valence-corrected chi connectivity index (χ1v) is 8.86. The van der Waals surface area contributed by atoms with Gasteiger partial charge in [0.25, 0.3) is 11.6 Å². The molecule has 1 amide bonds. The number of nitrogens with zero attached hydrogens (tertiary/aromatic N) is 3. The highest BCUT2D eigenvalue weighted by molar-refractivity contribution is 6.00. The van der Waals surface area contributed by atoms with Gasteiger partial charge in [0.05, 0.1) is 22.9 Å². The van der Waals surface area contributed by atoms with Crippen LogP contribution in [0.2, 0.25) is 0 Å². The number of rotatable bonds is 7. The Bertz CT molecular complexity index is 1060. The molecule has 0 radical (unpaired) electrons. The number of H-pyrrole nitrogens is 1. The van der Waals surface area contributed by atoms with Gasteiger partial charge in [0, 0.05) is 17.7 Å². The van der Waals surface area contributed by atoms with Crippen LogP contribution >= 0.6 is 0 Å². The normalized spacial score (nSPS) is 11.2. The van der Waals surface area contributed by atoms with Crippen molar-refractivity contribution in [2.45, 2.75) is 13.8 Å². The molecule has 0 spiro atoms. The van der Waals surface area contributed by atoms with Gasteiger partial charge >= 0.3 is 0 Å². The molecule has 0 bridgehead atoms. The highest BCUT2D eigenvalue weighted by atomic mass is 16.6. The minimum Gasteiger partial charge on any atom is -0.494 e. The van der Waals surface area contributed by atoms with Crippen LogP contribution in [0.4, 0.5) is 5.69 Å². The summed E-state index contributed by atoms with van der Waals surface area (Å²) >= 11 is 0. The number of aromatic nitrogens is 2. The molecule has 2 aromatic carbocycles. The smallest absolute Gasteiger partial charge is 0.289 e. The van der Waals surface area contributed by atoms with Gasteiger partial charge in [0.15, 0.2) is 0 Å². The molecule has 2 N–H and O–H groups in total. The first-order chi connectivity index (χ1) is 14.0. The van der Waals surface area contributed by atoms with Gasteiger partial charge in [-0.25, -0.2) is 5.43 Å². The lowest BCUT2D eigenvalue weighted by Crippen LogP contribution is -2.19. The van der Waals surface area contributed by atoms with Gasteiger partial charge in [-0.05, 0) is 49.7 Å². The number of benzene rings is 2.